The van der Waals surface area contributed by atoms with Crippen LogP contribution in [-0.2, 0) is 14.3 Å². The highest BCUT2D eigenvalue weighted by Crippen LogP contribution is 2.33. The number of benzene rings is 3. The van der Waals surface area contributed by atoms with Crippen molar-refractivity contribution in [2.45, 2.75) is 12.2 Å². The maximum Gasteiger partial charge on any atom is 0.412 e. The van der Waals surface area contributed by atoms with Crippen molar-refractivity contribution in [1.29, 1.82) is 0 Å². The summed E-state index contributed by atoms with van der Waals surface area (Å²) in [6, 6.07) is 17.5. The van der Waals surface area contributed by atoms with Crippen LogP contribution in [0.15, 0.2) is 72.8 Å². The molecule has 1 amide bonds. The van der Waals surface area contributed by atoms with Crippen molar-refractivity contribution in [2.75, 3.05) is 19.5 Å². The van der Waals surface area contributed by atoms with Crippen LogP contribution >= 0.6 is 0 Å². The van der Waals surface area contributed by atoms with Gasteiger partial charge in [-0.1, -0.05) is 42.5 Å². The molecule has 0 bridgehead atoms. The van der Waals surface area contributed by atoms with E-state index in [4.69, 9.17) is 19.3 Å². The Morgan fingerprint density at radius 3 is 2.47 bits per heavy atom. The molecule has 0 radical (unpaired) electrons. The predicted octanol–water partition coefficient (Wildman–Crippen LogP) is 4.50. The van der Waals surface area contributed by atoms with Gasteiger partial charge in [-0.15, -0.1) is 0 Å². The molecule has 166 valence electrons. The SMILES string of the molecule is COc1ccc([C@@H](OC(=O)Nc2cccc3ccccc23)[C@@H](/C=C/C(=O)O)OC)cc1O. The van der Waals surface area contributed by atoms with E-state index in [0.717, 1.165) is 16.8 Å². The van der Waals surface area contributed by atoms with Crippen LogP contribution in [-0.4, -0.2) is 42.6 Å². The standard InChI is InChI=1S/C24H23NO7/c1-30-20-11-10-16(14-19(20)26)23(21(31-2)12-13-22(27)28)32-24(29)25-18-9-5-7-15-6-3-4-8-17(15)18/h3-14,21,23,26H,1-2H3,(H,25,29)(H,27,28)/b13-12+/t21-,23-/m1/s1. The van der Waals surface area contributed by atoms with E-state index in [1.165, 1.54) is 32.4 Å². The van der Waals surface area contributed by atoms with E-state index < -0.39 is 24.3 Å². The highest BCUT2D eigenvalue weighted by atomic mass is 16.6. The summed E-state index contributed by atoms with van der Waals surface area (Å²) in [4.78, 5) is 23.8. The van der Waals surface area contributed by atoms with Gasteiger partial charge in [0.25, 0.3) is 0 Å². The summed E-state index contributed by atoms with van der Waals surface area (Å²) < 4.78 is 16.1. The minimum absolute atomic E-state index is 0.162. The number of phenols is 1. The largest absolute Gasteiger partial charge is 0.504 e. The van der Waals surface area contributed by atoms with Gasteiger partial charge in [0, 0.05) is 18.6 Å². The Labute approximate surface area is 184 Å². The molecule has 2 atom stereocenters. The fraction of sp³-hybridized carbons (Fsp3) is 0.167. The number of anilines is 1. The van der Waals surface area contributed by atoms with Crippen molar-refractivity contribution >= 4 is 28.5 Å². The number of aliphatic carboxylic acids is 1. The lowest BCUT2D eigenvalue weighted by molar-refractivity contribution is -0.131. The molecule has 0 aromatic heterocycles. The van der Waals surface area contributed by atoms with Gasteiger partial charge in [0.2, 0.25) is 0 Å². The van der Waals surface area contributed by atoms with E-state index in [-0.39, 0.29) is 11.5 Å². The number of carboxylic acid groups (broad SMARTS) is 1. The Hall–Kier alpha value is -4.04. The monoisotopic (exact) mass is 437 g/mol. The number of aromatic hydroxyl groups is 1. The van der Waals surface area contributed by atoms with Crippen LogP contribution in [0, 0.1) is 0 Å². The van der Waals surface area contributed by atoms with Crippen molar-refractivity contribution in [2.24, 2.45) is 0 Å². The molecule has 0 aliphatic carbocycles. The zero-order chi connectivity index (χ0) is 23.1. The van der Waals surface area contributed by atoms with Gasteiger partial charge < -0.3 is 24.4 Å². The Morgan fingerprint density at radius 1 is 1.03 bits per heavy atom. The Balaban J connectivity index is 1.91. The number of carboxylic acids is 1. The van der Waals surface area contributed by atoms with Gasteiger partial charge in [0.1, 0.15) is 6.10 Å². The Morgan fingerprint density at radius 2 is 1.78 bits per heavy atom. The van der Waals surface area contributed by atoms with E-state index in [1.807, 2.05) is 36.4 Å². The highest BCUT2D eigenvalue weighted by Gasteiger charge is 2.27. The van der Waals surface area contributed by atoms with Gasteiger partial charge in [-0.3, -0.25) is 5.32 Å². The third-order valence-electron chi connectivity index (χ3n) is 4.79. The number of fused-ring (bicyclic) bond motifs is 1. The van der Waals surface area contributed by atoms with Crippen molar-refractivity contribution in [1.82, 2.24) is 0 Å². The molecule has 3 rings (SSSR count). The lowest BCUT2D eigenvalue weighted by atomic mass is 10.0. The summed E-state index contributed by atoms with van der Waals surface area (Å²) in [5, 5.41) is 23.6. The lowest BCUT2D eigenvalue weighted by Gasteiger charge is -2.25. The average molecular weight is 437 g/mol. The molecule has 0 heterocycles. The molecule has 0 aliphatic heterocycles. The van der Waals surface area contributed by atoms with Crippen molar-refractivity contribution in [3.63, 3.8) is 0 Å². The smallest absolute Gasteiger partial charge is 0.412 e. The van der Waals surface area contributed by atoms with E-state index in [2.05, 4.69) is 5.32 Å². The number of carbonyl (C=O) groups excluding carboxylic acids is 1. The summed E-state index contributed by atoms with van der Waals surface area (Å²) in [6.45, 7) is 0. The molecule has 32 heavy (non-hydrogen) atoms. The molecule has 0 fully saturated rings. The fourth-order valence-corrected chi connectivity index (χ4v) is 3.28. The zero-order valence-corrected chi connectivity index (χ0v) is 17.5. The summed E-state index contributed by atoms with van der Waals surface area (Å²) in [6.07, 6.45) is -0.595. The van der Waals surface area contributed by atoms with Gasteiger partial charge in [-0.25, -0.2) is 9.59 Å². The minimum atomic E-state index is -1.18. The molecule has 8 nitrogen and oxygen atoms in total. The predicted molar refractivity (Wildman–Crippen MR) is 119 cm³/mol. The number of methoxy groups -OCH3 is 2. The number of hydrogen-bond acceptors (Lipinski definition) is 6. The van der Waals surface area contributed by atoms with Crippen molar-refractivity contribution in [3.05, 3.63) is 78.4 Å². The molecule has 3 aromatic carbocycles. The molecular formula is C24H23NO7. The number of nitrogens with one attached hydrogen (secondary N) is 1. The zero-order valence-electron chi connectivity index (χ0n) is 17.5. The molecule has 0 aliphatic rings. The molecule has 3 aromatic rings. The first kappa shape index (κ1) is 22.6. The van der Waals surface area contributed by atoms with Crippen molar-refractivity contribution < 1.29 is 34.0 Å². The summed E-state index contributed by atoms with van der Waals surface area (Å²) >= 11 is 0. The average Bonchev–Trinajstić information content (AvgIpc) is 2.78. The fourth-order valence-electron chi connectivity index (χ4n) is 3.28. The van der Waals surface area contributed by atoms with E-state index in [9.17, 15) is 14.7 Å². The number of ether oxygens (including phenoxy) is 3. The molecule has 8 heteroatoms. The Bertz CT molecular complexity index is 1140. The number of rotatable bonds is 8. The molecule has 0 unspecified atom stereocenters. The van der Waals surface area contributed by atoms with Crippen molar-refractivity contribution in [3.8, 4) is 11.5 Å². The third-order valence-corrected chi connectivity index (χ3v) is 4.79. The third kappa shape index (κ3) is 5.35. The van der Waals surface area contributed by atoms with Crippen LogP contribution in [0.4, 0.5) is 10.5 Å². The van der Waals surface area contributed by atoms with Gasteiger partial charge >= 0.3 is 12.1 Å². The van der Waals surface area contributed by atoms with E-state index in [1.54, 1.807) is 12.1 Å². The second kappa shape index (κ2) is 10.3. The summed E-state index contributed by atoms with van der Waals surface area (Å²) in [7, 11) is 2.77. The normalized spacial score (nSPS) is 12.9. The summed E-state index contributed by atoms with van der Waals surface area (Å²) in [5.41, 5.74) is 0.942. The van der Waals surface area contributed by atoms with Crippen LogP contribution in [0.25, 0.3) is 10.8 Å². The van der Waals surface area contributed by atoms with Gasteiger partial charge in [-0.2, -0.15) is 0 Å². The van der Waals surface area contributed by atoms with Crippen LogP contribution in [0.3, 0.4) is 0 Å². The van der Waals surface area contributed by atoms with Crippen LogP contribution in [0.2, 0.25) is 0 Å². The second-order valence-corrected chi connectivity index (χ2v) is 6.81. The number of phenolic OH excluding ortho intramolecular Hbond substituents is 1. The van der Waals surface area contributed by atoms with Gasteiger partial charge in [0.05, 0.1) is 12.8 Å². The first-order valence-corrected chi connectivity index (χ1v) is 9.69. The summed E-state index contributed by atoms with van der Waals surface area (Å²) in [5.74, 6) is -1.10. The quantitative estimate of drug-likeness (QED) is 0.445. The molecule has 3 N–H and O–H groups in total. The van der Waals surface area contributed by atoms with Crippen LogP contribution < -0.4 is 10.1 Å². The maximum atomic E-state index is 12.8. The molecule has 0 saturated heterocycles. The lowest BCUT2D eigenvalue weighted by Crippen LogP contribution is -2.27. The van der Waals surface area contributed by atoms with Crippen LogP contribution in [0.5, 0.6) is 11.5 Å². The van der Waals surface area contributed by atoms with E-state index >= 15 is 0 Å². The first-order valence-electron chi connectivity index (χ1n) is 9.69. The van der Waals surface area contributed by atoms with Gasteiger partial charge in [0.15, 0.2) is 17.6 Å². The number of carbonyl (C=O) groups is 2. The highest BCUT2D eigenvalue weighted by molar-refractivity contribution is 6.00. The number of hydrogen-bond donors (Lipinski definition) is 3. The second-order valence-electron chi connectivity index (χ2n) is 6.81. The topological polar surface area (TPSA) is 114 Å². The molecular weight excluding hydrogens is 414 g/mol. The Kier molecular flexibility index (Phi) is 7.30. The van der Waals surface area contributed by atoms with Gasteiger partial charge in [-0.05, 0) is 35.2 Å². The molecule has 0 saturated carbocycles. The minimum Gasteiger partial charge on any atom is -0.504 e. The number of amides is 1. The molecule has 0 spiro atoms. The first-order chi connectivity index (χ1) is 15.4. The van der Waals surface area contributed by atoms with Crippen LogP contribution in [0.1, 0.15) is 11.7 Å². The van der Waals surface area contributed by atoms with E-state index in [0.29, 0.717) is 11.3 Å². The maximum absolute atomic E-state index is 12.8.